The highest BCUT2D eigenvalue weighted by Gasteiger charge is 2.29. The Bertz CT molecular complexity index is 1120. The summed E-state index contributed by atoms with van der Waals surface area (Å²) in [5.41, 5.74) is 6.88. The Hall–Kier alpha value is -3.08. The third-order valence-electron chi connectivity index (χ3n) is 4.11. The first-order chi connectivity index (χ1) is 14.5. The van der Waals surface area contributed by atoms with Crippen LogP contribution in [0.4, 0.5) is 9.93 Å². The minimum Gasteiger partial charge on any atom is -0.442 e. The van der Waals surface area contributed by atoms with Gasteiger partial charge in [0, 0.05) is 5.56 Å². The van der Waals surface area contributed by atoms with Crippen LogP contribution in [0.15, 0.2) is 48.5 Å². The molecule has 8 nitrogen and oxygen atoms in total. The van der Waals surface area contributed by atoms with Crippen molar-refractivity contribution in [1.82, 2.24) is 14.9 Å². The van der Waals surface area contributed by atoms with E-state index in [-0.39, 0.29) is 11.7 Å². The molecule has 0 spiro atoms. The maximum atomic E-state index is 13.4. The van der Waals surface area contributed by atoms with Crippen LogP contribution in [-0.2, 0) is 11.3 Å². The lowest BCUT2D eigenvalue weighted by Gasteiger charge is -2.30. The smallest absolute Gasteiger partial charge is 0.431 e. The molecule has 3 aromatic rings. The molecule has 0 atom stereocenters. The number of anilines is 1. The van der Waals surface area contributed by atoms with Gasteiger partial charge in [0.1, 0.15) is 5.60 Å². The summed E-state index contributed by atoms with van der Waals surface area (Å²) in [6.45, 7) is 5.26. The standard InChI is InChI=1S/C21H23N5O3S2/c1-21(2,3)29-20(28)26(23)19(30)25(12-13-7-5-4-6-8-13)17(27)14-9-10-15-16(11-14)31-18(22)24-15/h4-11H,12,23H2,1-3H3,(H2,22,24). The fourth-order valence-electron chi connectivity index (χ4n) is 2.74. The summed E-state index contributed by atoms with van der Waals surface area (Å²) >= 11 is 6.69. The second-order valence-electron chi connectivity index (χ2n) is 7.74. The zero-order valence-corrected chi connectivity index (χ0v) is 19.0. The summed E-state index contributed by atoms with van der Waals surface area (Å²) < 4.78 is 6.05. The number of hydrazine groups is 1. The number of nitrogen functional groups attached to an aromatic ring is 1. The van der Waals surface area contributed by atoms with Crippen molar-refractivity contribution >= 4 is 56.0 Å². The summed E-state index contributed by atoms with van der Waals surface area (Å²) in [6, 6.07) is 14.3. The third-order valence-corrected chi connectivity index (χ3v) is 5.37. The van der Waals surface area contributed by atoms with Crippen LogP contribution in [-0.4, -0.2) is 37.6 Å². The van der Waals surface area contributed by atoms with Gasteiger partial charge in [-0.05, 0) is 56.8 Å². The Morgan fingerprint density at radius 3 is 2.48 bits per heavy atom. The van der Waals surface area contributed by atoms with Crippen molar-refractivity contribution in [2.24, 2.45) is 5.84 Å². The number of hydrogen-bond acceptors (Lipinski definition) is 8. The number of ether oxygens (including phenoxy) is 1. The van der Waals surface area contributed by atoms with Crippen molar-refractivity contribution < 1.29 is 14.3 Å². The van der Waals surface area contributed by atoms with Gasteiger partial charge in [-0.3, -0.25) is 9.69 Å². The first-order valence-electron chi connectivity index (χ1n) is 9.39. The fraction of sp³-hybridized carbons (Fsp3) is 0.238. The van der Waals surface area contributed by atoms with Gasteiger partial charge in [0.05, 0.1) is 16.8 Å². The number of fused-ring (bicyclic) bond motifs is 1. The molecule has 3 rings (SSSR count). The van der Waals surface area contributed by atoms with E-state index in [9.17, 15) is 9.59 Å². The van der Waals surface area contributed by atoms with E-state index in [0.29, 0.717) is 21.2 Å². The first-order valence-corrected chi connectivity index (χ1v) is 10.6. The Balaban J connectivity index is 1.93. The van der Waals surface area contributed by atoms with Crippen molar-refractivity contribution in [2.75, 3.05) is 5.73 Å². The van der Waals surface area contributed by atoms with E-state index >= 15 is 0 Å². The molecule has 0 bridgehead atoms. The van der Waals surface area contributed by atoms with E-state index in [1.54, 1.807) is 39.0 Å². The quantitative estimate of drug-likeness (QED) is 0.265. The van der Waals surface area contributed by atoms with E-state index < -0.39 is 17.6 Å². The third kappa shape index (κ3) is 5.54. The zero-order chi connectivity index (χ0) is 22.8. The second-order valence-corrected chi connectivity index (χ2v) is 9.17. The Kier molecular flexibility index (Phi) is 6.54. The normalized spacial score (nSPS) is 11.2. The van der Waals surface area contributed by atoms with Gasteiger partial charge in [-0.25, -0.2) is 15.6 Å². The van der Waals surface area contributed by atoms with Crippen molar-refractivity contribution in [3.05, 3.63) is 59.7 Å². The fourth-order valence-corrected chi connectivity index (χ4v) is 3.74. The summed E-state index contributed by atoms with van der Waals surface area (Å²) in [7, 11) is 0. The molecule has 0 fully saturated rings. The van der Waals surface area contributed by atoms with E-state index in [2.05, 4.69) is 4.98 Å². The molecule has 0 unspecified atom stereocenters. The van der Waals surface area contributed by atoms with E-state index in [0.717, 1.165) is 10.3 Å². The number of hydrogen-bond donors (Lipinski definition) is 2. The van der Waals surface area contributed by atoms with Crippen LogP contribution in [0.2, 0.25) is 0 Å². The molecule has 31 heavy (non-hydrogen) atoms. The highest BCUT2D eigenvalue weighted by molar-refractivity contribution is 7.80. The van der Waals surface area contributed by atoms with Crippen LogP contribution in [0.3, 0.4) is 0 Å². The van der Waals surface area contributed by atoms with Crippen LogP contribution in [0.5, 0.6) is 0 Å². The SMILES string of the molecule is CC(C)(C)OC(=O)N(N)C(=S)N(Cc1ccccc1)C(=O)c1ccc2nc(N)sc2c1. The number of carbonyl (C=O) groups is 2. The van der Waals surface area contributed by atoms with Crippen LogP contribution >= 0.6 is 23.6 Å². The molecule has 0 aliphatic carbocycles. The molecule has 0 aliphatic heterocycles. The Labute approximate surface area is 189 Å². The average molecular weight is 458 g/mol. The summed E-state index contributed by atoms with van der Waals surface area (Å²) in [6.07, 6.45) is -0.853. The highest BCUT2D eigenvalue weighted by atomic mass is 32.1. The molecular weight excluding hydrogens is 434 g/mol. The molecule has 0 saturated carbocycles. The van der Waals surface area contributed by atoms with E-state index in [1.165, 1.54) is 16.2 Å². The van der Waals surface area contributed by atoms with Crippen molar-refractivity contribution in [3.63, 3.8) is 0 Å². The van der Waals surface area contributed by atoms with E-state index in [4.69, 9.17) is 28.5 Å². The topological polar surface area (TPSA) is 115 Å². The zero-order valence-electron chi connectivity index (χ0n) is 17.4. The number of carbonyl (C=O) groups excluding carboxylic acids is 2. The van der Waals surface area contributed by atoms with Crippen molar-refractivity contribution in [2.45, 2.75) is 32.9 Å². The lowest BCUT2D eigenvalue weighted by molar-refractivity contribution is 0.0352. The van der Waals surface area contributed by atoms with Gasteiger partial charge in [0.25, 0.3) is 5.91 Å². The minimum absolute atomic E-state index is 0.123. The second kappa shape index (κ2) is 8.96. The number of thiocarbonyl (C=S) groups is 1. The monoisotopic (exact) mass is 457 g/mol. The largest absolute Gasteiger partial charge is 0.442 e. The highest BCUT2D eigenvalue weighted by Crippen LogP contribution is 2.25. The number of thiazole rings is 1. The summed E-state index contributed by atoms with van der Waals surface area (Å²) in [5.74, 6) is 5.52. The predicted molar refractivity (Wildman–Crippen MR) is 125 cm³/mol. The molecule has 0 radical (unpaired) electrons. The lowest BCUT2D eigenvalue weighted by Crippen LogP contribution is -2.52. The number of nitrogens with zero attached hydrogens (tertiary/aromatic N) is 3. The molecule has 1 heterocycles. The molecular formula is C21H23N5O3S2. The number of aromatic nitrogens is 1. The van der Waals surface area contributed by atoms with Crippen molar-refractivity contribution in [3.8, 4) is 0 Å². The molecule has 162 valence electrons. The van der Waals surface area contributed by atoms with E-state index in [1.807, 2.05) is 30.3 Å². The Morgan fingerprint density at radius 2 is 1.84 bits per heavy atom. The molecule has 0 saturated heterocycles. The van der Waals surface area contributed by atoms with Gasteiger partial charge in [-0.2, -0.15) is 5.01 Å². The number of rotatable bonds is 3. The summed E-state index contributed by atoms with van der Waals surface area (Å²) in [4.78, 5) is 31.3. The van der Waals surface area contributed by atoms with Crippen LogP contribution in [0, 0.1) is 0 Å². The molecule has 2 amide bonds. The first kappa shape index (κ1) is 22.6. The van der Waals surface area contributed by atoms with Gasteiger partial charge < -0.3 is 10.5 Å². The van der Waals surface area contributed by atoms with Crippen LogP contribution in [0.1, 0.15) is 36.7 Å². The van der Waals surface area contributed by atoms with Gasteiger partial charge in [0.2, 0.25) is 5.11 Å². The van der Waals surface area contributed by atoms with Gasteiger partial charge in [0.15, 0.2) is 5.13 Å². The average Bonchev–Trinajstić information content (AvgIpc) is 3.09. The Morgan fingerprint density at radius 1 is 1.16 bits per heavy atom. The maximum Gasteiger partial charge on any atom is 0.431 e. The molecule has 0 aliphatic rings. The van der Waals surface area contributed by atoms with Crippen molar-refractivity contribution in [1.29, 1.82) is 0 Å². The minimum atomic E-state index is -0.853. The maximum absolute atomic E-state index is 13.4. The molecule has 2 aromatic carbocycles. The molecule has 1 aromatic heterocycles. The van der Waals surface area contributed by atoms with Gasteiger partial charge in [-0.1, -0.05) is 41.7 Å². The number of benzene rings is 2. The molecule has 4 N–H and O–H groups in total. The predicted octanol–water partition coefficient (Wildman–Crippen LogP) is 3.92. The van der Waals surface area contributed by atoms with Crippen LogP contribution < -0.4 is 11.6 Å². The van der Waals surface area contributed by atoms with Gasteiger partial charge in [-0.15, -0.1) is 0 Å². The van der Waals surface area contributed by atoms with Gasteiger partial charge >= 0.3 is 6.09 Å². The number of amides is 2. The van der Waals surface area contributed by atoms with Crippen LogP contribution in [0.25, 0.3) is 10.2 Å². The lowest BCUT2D eigenvalue weighted by atomic mass is 10.1. The molecule has 10 heteroatoms. The number of nitrogens with two attached hydrogens (primary N) is 2. The summed E-state index contributed by atoms with van der Waals surface area (Å²) in [5, 5.41) is 0.909.